The van der Waals surface area contributed by atoms with Crippen LogP contribution in [0.5, 0.6) is 0 Å². The van der Waals surface area contributed by atoms with Crippen LogP contribution in [0.4, 0.5) is 5.13 Å². The van der Waals surface area contributed by atoms with E-state index in [1.807, 2.05) is 0 Å². The average molecular weight is 262 g/mol. The van der Waals surface area contributed by atoms with E-state index in [0.29, 0.717) is 0 Å². The van der Waals surface area contributed by atoms with Crippen LogP contribution < -0.4 is 4.90 Å². The lowest BCUT2D eigenvalue weighted by Crippen LogP contribution is -2.38. The quantitative estimate of drug-likeness (QED) is 0.858. The van der Waals surface area contributed by atoms with E-state index in [4.69, 9.17) is 4.98 Å². The molecular formula is C14H18N2OS. The van der Waals surface area contributed by atoms with E-state index in [1.165, 1.54) is 15.8 Å². The van der Waals surface area contributed by atoms with Gasteiger partial charge in [-0.15, -0.1) is 0 Å². The van der Waals surface area contributed by atoms with E-state index in [1.54, 1.807) is 11.3 Å². The van der Waals surface area contributed by atoms with Crippen LogP contribution in [0.15, 0.2) is 12.1 Å². The molecule has 1 N–H and O–H groups in total. The first-order valence-corrected chi connectivity index (χ1v) is 7.26. The van der Waals surface area contributed by atoms with Crippen molar-refractivity contribution < 1.29 is 5.11 Å². The fourth-order valence-electron chi connectivity index (χ4n) is 2.48. The van der Waals surface area contributed by atoms with Gasteiger partial charge in [-0.25, -0.2) is 4.98 Å². The lowest BCUT2D eigenvalue weighted by Gasteiger charge is -2.29. The van der Waals surface area contributed by atoms with E-state index >= 15 is 0 Å². The van der Waals surface area contributed by atoms with Crippen LogP contribution in [0, 0.1) is 13.8 Å². The summed E-state index contributed by atoms with van der Waals surface area (Å²) >= 11 is 1.73. The Morgan fingerprint density at radius 1 is 1.39 bits per heavy atom. The van der Waals surface area contributed by atoms with Crippen molar-refractivity contribution in [2.75, 3.05) is 18.0 Å². The number of piperidine rings is 1. The van der Waals surface area contributed by atoms with Crippen molar-refractivity contribution in [3.63, 3.8) is 0 Å². The second-order valence-corrected chi connectivity index (χ2v) is 6.10. The second-order valence-electron chi connectivity index (χ2n) is 5.09. The number of aliphatic hydroxyl groups is 1. The van der Waals surface area contributed by atoms with Gasteiger partial charge in [-0.3, -0.25) is 0 Å². The van der Waals surface area contributed by atoms with Crippen molar-refractivity contribution in [3.8, 4) is 0 Å². The monoisotopic (exact) mass is 262 g/mol. The van der Waals surface area contributed by atoms with Gasteiger partial charge in [0.2, 0.25) is 0 Å². The maximum Gasteiger partial charge on any atom is 0.186 e. The number of nitrogens with zero attached hydrogens (tertiary/aromatic N) is 2. The van der Waals surface area contributed by atoms with E-state index in [0.717, 1.165) is 36.6 Å². The molecule has 1 aromatic heterocycles. The Hall–Kier alpha value is -1.13. The third-order valence-corrected chi connectivity index (χ3v) is 4.82. The Bertz CT molecular complexity index is 578. The third-order valence-electron chi connectivity index (χ3n) is 3.74. The molecular weight excluding hydrogens is 244 g/mol. The van der Waals surface area contributed by atoms with E-state index < -0.39 is 0 Å². The highest BCUT2D eigenvalue weighted by molar-refractivity contribution is 7.22. The predicted octanol–water partition coefficient (Wildman–Crippen LogP) is 2.87. The number of benzene rings is 1. The Morgan fingerprint density at radius 2 is 2.22 bits per heavy atom. The molecule has 2 aromatic rings. The average Bonchev–Trinajstić information content (AvgIpc) is 2.79. The van der Waals surface area contributed by atoms with E-state index in [2.05, 4.69) is 30.9 Å². The van der Waals surface area contributed by atoms with Crippen molar-refractivity contribution in [1.82, 2.24) is 4.98 Å². The van der Waals surface area contributed by atoms with Crippen LogP contribution in [0.1, 0.15) is 24.0 Å². The minimum Gasteiger partial charge on any atom is -0.391 e. The zero-order valence-corrected chi connectivity index (χ0v) is 11.6. The van der Waals surface area contributed by atoms with Crippen LogP contribution in [0.3, 0.4) is 0 Å². The number of aryl methyl sites for hydroxylation is 2. The van der Waals surface area contributed by atoms with Gasteiger partial charge in [-0.05, 0) is 43.9 Å². The molecule has 1 atom stereocenters. The highest BCUT2D eigenvalue weighted by atomic mass is 32.1. The lowest BCUT2D eigenvalue weighted by atomic mass is 10.1. The summed E-state index contributed by atoms with van der Waals surface area (Å²) in [5.74, 6) is 0. The van der Waals surface area contributed by atoms with Gasteiger partial charge >= 0.3 is 0 Å². The fourth-order valence-corrected chi connectivity index (χ4v) is 3.54. The summed E-state index contributed by atoms with van der Waals surface area (Å²) in [5.41, 5.74) is 3.68. The predicted molar refractivity (Wildman–Crippen MR) is 76.5 cm³/mol. The Morgan fingerprint density at radius 3 is 3.00 bits per heavy atom. The third kappa shape index (κ3) is 1.99. The number of anilines is 1. The molecule has 0 aliphatic carbocycles. The number of fused-ring (bicyclic) bond motifs is 1. The van der Waals surface area contributed by atoms with Crippen molar-refractivity contribution in [2.45, 2.75) is 32.8 Å². The van der Waals surface area contributed by atoms with Gasteiger partial charge in [0.15, 0.2) is 5.13 Å². The number of hydrogen-bond acceptors (Lipinski definition) is 4. The summed E-state index contributed by atoms with van der Waals surface area (Å²) in [6.07, 6.45) is 1.77. The molecule has 1 aliphatic heterocycles. The van der Waals surface area contributed by atoms with Crippen LogP contribution in [0.25, 0.3) is 10.2 Å². The van der Waals surface area contributed by atoms with E-state index in [-0.39, 0.29) is 6.10 Å². The molecule has 4 heteroatoms. The number of rotatable bonds is 1. The number of β-amino-alcohol motifs (C(OH)–C–C–N with tert-alkyl or cyclic N) is 1. The summed E-state index contributed by atoms with van der Waals surface area (Å²) in [4.78, 5) is 6.98. The lowest BCUT2D eigenvalue weighted by molar-refractivity contribution is 0.154. The first-order valence-electron chi connectivity index (χ1n) is 6.45. The Labute approximate surface area is 111 Å². The Balaban J connectivity index is 2.00. The normalized spacial score (nSPS) is 20.6. The van der Waals surface area contributed by atoms with Crippen LogP contribution >= 0.6 is 11.3 Å². The molecule has 1 aliphatic rings. The highest BCUT2D eigenvalue weighted by Crippen LogP contribution is 2.32. The van der Waals surface area contributed by atoms with Crippen molar-refractivity contribution in [3.05, 3.63) is 23.3 Å². The molecule has 3 nitrogen and oxygen atoms in total. The molecule has 1 unspecified atom stereocenters. The Kier molecular flexibility index (Phi) is 2.99. The summed E-state index contributed by atoms with van der Waals surface area (Å²) in [5, 5.41) is 10.8. The van der Waals surface area contributed by atoms with E-state index in [9.17, 15) is 5.11 Å². The van der Waals surface area contributed by atoms with Gasteiger partial charge < -0.3 is 10.0 Å². The first-order chi connectivity index (χ1) is 8.65. The summed E-state index contributed by atoms with van der Waals surface area (Å²) in [7, 11) is 0. The smallest absolute Gasteiger partial charge is 0.186 e. The molecule has 1 saturated heterocycles. The number of hydrogen-bond donors (Lipinski definition) is 1. The summed E-state index contributed by atoms with van der Waals surface area (Å²) < 4.78 is 1.24. The topological polar surface area (TPSA) is 36.4 Å². The van der Waals surface area contributed by atoms with Crippen LogP contribution in [0.2, 0.25) is 0 Å². The van der Waals surface area contributed by atoms with Crippen molar-refractivity contribution in [1.29, 1.82) is 0 Å². The van der Waals surface area contributed by atoms with Crippen LogP contribution in [-0.4, -0.2) is 29.3 Å². The molecule has 3 rings (SSSR count). The van der Waals surface area contributed by atoms with Gasteiger partial charge in [0, 0.05) is 13.1 Å². The molecule has 0 saturated carbocycles. The molecule has 1 fully saturated rings. The molecule has 0 radical (unpaired) electrons. The summed E-state index contributed by atoms with van der Waals surface area (Å²) in [6, 6.07) is 4.31. The maximum atomic E-state index is 9.75. The minimum absolute atomic E-state index is 0.200. The van der Waals surface area contributed by atoms with Gasteiger partial charge in [0.1, 0.15) is 0 Å². The maximum absolute atomic E-state index is 9.75. The first kappa shape index (κ1) is 11.9. The molecule has 2 heterocycles. The number of aliphatic hydroxyl groups excluding tert-OH is 1. The fraction of sp³-hybridized carbons (Fsp3) is 0.500. The molecule has 1 aromatic carbocycles. The molecule has 0 bridgehead atoms. The van der Waals surface area contributed by atoms with Gasteiger partial charge in [-0.1, -0.05) is 17.4 Å². The number of thiazole rings is 1. The van der Waals surface area contributed by atoms with Crippen molar-refractivity contribution in [2.24, 2.45) is 0 Å². The molecule has 96 valence electrons. The van der Waals surface area contributed by atoms with Gasteiger partial charge in [-0.2, -0.15) is 0 Å². The van der Waals surface area contributed by atoms with Crippen molar-refractivity contribution >= 4 is 26.7 Å². The number of aromatic nitrogens is 1. The van der Waals surface area contributed by atoms with Crippen LogP contribution in [-0.2, 0) is 0 Å². The second kappa shape index (κ2) is 4.52. The van der Waals surface area contributed by atoms with Gasteiger partial charge in [0.05, 0.1) is 16.3 Å². The summed E-state index contributed by atoms with van der Waals surface area (Å²) in [6.45, 7) is 5.98. The standard InChI is InChI=1S/C14H18N2OS/c1-9-5-6-12-13(10(9)2)15-14(18-12)16-7-3-4-11(17)8-16/h5-6,11,17H,3-4,7-8H2,1-2H3. The highest BCUT2D eigenvalue weighted by Gasteiger charge is 2.21. The largest absolute Gasteiger partial charge is 0.391 e. The molecule has 0 amide bonds. The minimum atomic E-state index is -0.200. The SMILES string of the molecule is Cc1ccc2sc(N3CCCC(O)C3)nc2c1C. The molecule has 18 heavy (non-hydrogen) atoms. The zero-order valence-electron chi connectivity index (χ0n) is 10.8. The van der Waals surface area contributed by atoms with Gasteiger partial charge in [0.25, 0.3) is 0 Å². The molecule has 0 spiro atoms. The zero-order chi connectivity index (χ0) is 12.7.